The fourth-order valence-corrected chi connectivity index (χ4v) is 5.15. The second-order valence-electron chi connectivity index (χ2n) is 8.78. The summed E-state index contributed by atoms with van der Waals surface area (Å²) in [7, 11) is 0. The van der Waals surface area contributed by atoms with Crippen molar-refractivity contribution in [3.05, 3.63) is 52.7 Å². The van der Waals surface area contributed by atoms with Crippen molar-refractivity contribution >= 4 is 51.1 Å². The van der Waals surface area contributed by atoms with Crippen molar-refractivity contribution in [3.63, 3.8) is 0 Å². The second-order valence-corrected chi connectivity index (χ2v) is 9.81. The highest BCUT2D eigenvalue weighted by Gasteiger charge is 2.39. The van der Waals surface area contributed by atoms with E-state index in [9.17, 15) is 19.2 Å². The Morgan fingerprint density at radius 3 is 2.71 bits per heavy atom. The van der Waals surface area contributed by atoms with E-state index in [2.05, 4.69) is 25.9 Å². The van der Waals surface area contributed by atoms with Crippen molar-refractivity contribution in [1.29, 1.82) is 0 Å². The summed E-state index contributed by atoms with van der Waals surface area (Å²) >= 11 is 1.52. The molecule has 174 valence electrons. The summed E-state index contributed by atoms with van der Waals surface area (Å²) in [5, 5.41) is 8.69. The SMILES string of the molecule is CC(C)(NC(=O)Nc1ccc2c(n1)CN(C1CCC(=O)NC1=O)C2=O)c1nc2ccccc2s1. The number of hydrogen-bond donors (Lipinski definition) is 3. The summed E-state index contributed by atoms with van der Waals surface area (Å²) in [5.74, 6) is -0.846. The lowest BCUT2D eigenvalue weighted by molar-refractivity contribution is -0.136. The number of fused-ring (bicyclic) bond motifs is 2. The van der Waals surface area contributed by atoms with Crippen LogP contribution in [0, 0.1) is 0 Å². The molecule has 2 aliphatic heterocycles. The zero-order chi connectivity index (χ0) is 24.0. The number of piperidine rings is 1. The molecule has 11 heteroatoms. The molecular formula is C23H22N6O4S. The van der Waals surface area contributed by atoms with Crippen LogP contribution in [0.3, 0.4) is 0 Å². The number of nitrogens with one attached hydrogen (secondary N) is 3. The van der Waals surface area contributed by atoms with E-state index in [4.69, 9.17) is 0 Å². The average molecular weight is 479 g/mol. The topological polar surface area (TPSA) is 133 Å². The van der Waals surface area contributed by atoms with Gasteiger partial charge < -0.3 is 10.2 Å². The van der Waals surface area contributed by atoms with Crippen LogP contribution in [-0.4, -0.2) is 44.7 Å². The van der Waals surface area contributed by atoms with Gasteiger partial charge >= 0.3 is 6.03 Å². The summed E-state index contributed by atoms with van der Waals surface area (Å²) < 4.78 is 1.04. The van der Waals surface area contributed by atoms with Gasteiger partial charge in [-0.1, -0.05) is 12.1 Å². The van der Waals surface area contributed by atoms with Crippen LogP contribution in [0.5, 0.6) is 0 Å². The molecule has 1 fully saturated rings. The van der Waals surface area contributed by atoms with Crippen LogP contribution >= 0.6 is 11.3 Å². The number of imide groups is 1. The number of thiazole rings is 1. The standard InChI is InChI=1S/C23H22N6O4S/c1-23(2,21-25-13-5-3-4-6-16(13)34-21)28-22(33)26-17-9-7-12-14(24-17)11-29(20(12)32)15-8-10-18(30)27-19(15)31/h3-7,9,15H,8,10-11H2,1-2H3,(H,27,30,31)(H2,24,26,28,33). The molecule has 3 aromatic rings. The van der Waals surface area contributed by atoms with Gasteiger partial charge in [0.05, 0.1) is 33.6 Å². The number of rotatable bonds is 4. The fraction of sp³-hybridized carbons (Fsp3) is 0.304. The number of benzene rings is 1. The lowest BCUT2D eigenvalue weighted by Gasteiger charge is -2.29. The van der Waals surface area contributed by atoms with E-state index in [0.29, 0.717) is 11.3 Å². The number of anilines is 1. The Balaban J connectivity index is 1.27. The number of nitrogens with zero attached hydrogens (tertiary/aromatic N) is 3. The molecule has 10 nitrogen and oxygen atoms in total. The van der Waals surface area contributed by atoms with E-state index >= 15 is 0 Å². The van der Waals surface area contributed by atoms with Gasteiger partial charge in [0.1, 0.15) is 16.9 Å². The van der Waals surface area contributed by atoms with Gasteiger partial charge in [0.2, 0.25) is 11.8 Å². The number of urea groups is 1. The van der Waals surface area contributed by atoms with Gasteiger partial charge in [-0.25, -0.2) is 14.8 Å². The van der Waals surface area contributed by atoms with Crippen molar-refractivity contribution in [1.82, 2.24) is 25.5 Å². The molecule has 0 radical (unpaired) electrons. The zero-order valence-corrected chi connectivity index (χ0v) is 19.4. The maximum absolute atomic E-state index is 12.8. The van der Waals surface area contributed by atoms with Crippen molar-refractivity contribution in [2.24, 2.45) is 0 Å². The average Bonchev–Trinajstić information content (AvgIpc) is 3.35. The zero-order valence-electron chi connectivity index (χ0n) is 18.5. The Morgan fingerprint density at radius 2 is 1.94 bits per heavy atom. The normalized spacial score (nSPS) is 18.1. The maximum Gasteiger partial charge on any atom is 0.321 e. The molecule has 0 spiro atoms. The first-order valence-electron chi connectivity index (χ1n) is 10.8. The van der Waals surface area contributed by atoms with Crippen LogP contribution in [0.15, 0.2) is 36.4 Å². The third kappa shape index (κ3) is 3.98. The monoisotopic (exact) mass is 478 g/mol. The molecule has 1 saturated heterocycles. The lowest BCUT2D eigenvalue weighted by Crippen LogP contribution is -2.52. The first-order valence-corrected chi connectivity index (χ1v) is 11.6. The Kier molecular flexibility index (Phi) is 5.28. The quantitative estimate of drug-likeness (QED) is 0.494. The smallest absolute Gasteiger partial charge is 0.321 e. The molecule has 2 aliphatic rings. The van der Waals surface area contributed by atoms with Gasteiger partial charge in [0.25, 0.3) is 5.91 Å². The minimum atomic E-state index is -0.719. The third-order valence-electron chi connectivity index (χ3n) is 5.87. The summed E-state index contributed by atoms with van der Waals surface area (Å²) in [4.78, 5) is 59.6. The van der Waals surface area contributed by atoms with Crippen molar-refractivity contribution in [2.45, 2.75) is 44.8 Å². The Labute approximate surface area is 198 Å². The number of para-hydroxylation sites is 1. The van der Waals surface area contributed by atoms with E-state index in [1.165, 1.54) is 16.2 Å². The number of carbonyl (C=O) groups excluding carboxylic acids is 4. The minimum Gasteiger partial charge on any atom is -0.326 e. The van der Waals surface area contributed by atoms with Crippen molar-refractivity contribution < 1.29 is 19.2 Å². The Hall–Kier alpha value is -3.86. The molecule has 3 N–H and O–H groups in total. The van der Waals surface area contributed by atoms with Gasteiger partial charge in [0.15, 0.2) is 0 Å². The van der Waals surface area contributed by atoms with Gasteiger partial charge in [-0.2, -0.15) is 0 Å². The van der Waals surface area contributed by atoms with Crippen LogP contribution in [0.2, 0.25) is 0 Å². The molecule has 0 aliphatic carbocycles. The summed E-state index contributed by atoms with van der Waals surface area (Å²) in [6.45, 7) is 3.88. The van der Waals surface area contributed by atoms with Crippen molar-refractivity contribution in [2.75, 3.05) is 5.32 Å². The van der Waals surface area contributed by atoms with E-state index < -0.39 is 23.5 Å². The molecule has 5 rings (SSSR count). The van der Waals surface area contributed by atoms with Crippen LogP contribution < -0.4 is 16.0 Å². The summed E-state index contributed by atoms with van der Waals surface area (Å²) in [5.41, 5.74) is 1.01. The largest absolute Gasteiger partial charge is 0.326 e. The molecule has 1 atom stereocenters. The highest BCUT2D eigenvalue weighted by atomic mass is 32.1. The first kappa shape index (κ1) is 22.0. The second kappa shape index (κ2) is 8.17. The Bertz CT molecular complexity index is 1320. The maximum atomic E-state index is 12.8. The number of pyridine rings is 1. The summed E-state index contributed by atoms with van der Waals surface area (Å²) in [6.07, 6.45) is 0.458. The Morgan fingerprint density at radius 1 is 1.15 bits per heavy atom. The van der Waals surface area contributed by atoms with E-state index in [1.807, 2.05) is 38.1 Å². The highest BCUT2D eigenvalue weighted by molar-refractivity contribution is 7.18. The predicted octanol–water partition coefficient (Wildman–Crippen LogP) is 2.51. The van der Waals surface area contributed by atoms with Crippen LogP contribution in [0.25, 0.3) is 10.2 Å². The van der Waals surface area contributed by atoms with Crippen LogP contribution in [0.1, 0.15) is 47.7 Å². The van der Waals surface area contributed by atoms with Gasteiger partial charge in [0, 0.05) is 6.42 Å². The molecule has 34 heavy (non-hydrogen) atoms. The van der Waals surface area contributed by atoms with Gasteiger partial charge in [-0.05, 0) is 44.5 Å². The van der Waals surface area contributed by atoms with E-state index in [-0.39, 0.29) is 37.0 Å². The molecule has 0 bridgehead atoms. The number of amides is 5. The first-order chi connectivity index (χ1) is 16.2. The molecule has 1 unspecified atom stereocenters. The number of aromatic nitrogens is 2. The molecule has 0 saturated carbocycles. The lowest BCUT2D eigenvalue weighted by atomic mass is 10.0. The van der Waals surface area contributed by atoms with Gasteiger partial charge in [-0.15, -0.1) is 11.3 Å². The minimum absolute atomic E-state index is 0.134. The third-order valence-corrected chi connectivity index (χ3v) is 7.23. The molecular weight excluding hydrogens is 456 g/mol. The van der Waals surface area contributed by atoms with E-state index in [0.717, 1.165) is 15.2 Å². The molecule has 1 aromatic carbocycles. The van der Waals surface area contributed by atoms with Gasteiger partial charge in [-0.3, -0.25) is 25.0 Å². The molecule has 5 amide bonds. The number of carbonyl (C=O) groups is 4. The predicted molar refractivity (Wildman–Crippen MR) is 125 cm³/mol. The highest BCUT2D eigenvalue weighted by Crippen LogP contribution is 2.30. The van der Waals surface area contributed by atoms with E-state index in [1.54, 1.807) is 12.1 Å². The van der Waals surface area contributed by atoms with Crippen LogP contribution in [0.4, 0.5) is 10.6 Å². The fourth-order valence-electron chi connectivity index (χ4n) is 4.13. The van der Waals surface area contributed by atoms with Crippen molar-refractivity contribution in [3.8, 4) is 0 Å². The molecule has 4 heterocycles. The molecule has 2 aromatic heterocycles. The van der Waals surface area contributed by atoms with Crippen LogP contribution in [-0.2, 0) is 21.7 Å². The number of hydrogen-bond acceptors (Lipinski definition) is 7. The summed E-state index contributed by atoms with van der Waals surface area (Å²) in [6, 6.07) is 9.75.